The van der Waals surface area contributed by atoms with Crippen molar-refractivity contribution in [2.45, 2.75) is 19.6 Å². The summed E-state index contributed by atoms with van der Waals surface area (Å²) in [4.78, 5) is 8.57. The normalized spacial score (nSPS) is 10.7. The van der Waals surface area contributed by atoms with Gasteiger partial charge in [0.25, 0.3) is 0 Å². The number of guanidine groups is 1. The molecular weight excluding hydrogens is 503 g/mol. The Balaban J connectivity index is 0.00000341. The molecule has 0 aliphatic rings. The number of aromatic nitrogens is 1. The lowest BCUT2D eigenvalue weighted by Gasteiger charge is -2.13. The first-order chi connectivity index (χ1) is 14.8. The van der Waals surface area contributed by atoms with Gasteiger partial charge in [0.2, 0.25) is 0 Å². The molecule has 2 N–H and O–H groups in total. The van der Waals surface area contributed by atoms with E-state index in [9.17, 15) is 0 Å². The first-order valence-electron chi connectivity index (χ1n) is 9.96. The molecule has 3 aromatic rings. The minimum absolute atomic E-state index is 0. The Labute approximate surface area is 201 Å². The molecule has 0 saturated heterocycles. The topological polar surface area (TPSA) is 67.8 Å². The van der Waals surface area contributed by atoms with Gasteiger partial charge in [0, 0.05) is 26.3 Å². The number of ether oxygens (including phenoxy) is 2. The van der Waals surface area contributed by atoms with Crippen LogP contribution in [0.1, 0.15) is 16.8 Å². The average molecular weight is 532 g/mol. The van der Waals surface area contributed by atoms with Crippen molar-refractivity contribution in [1.82, 2.24) is 15.6 Å². The van der Waals surface area contributed by atoms with E-state index in [2.05, 4.69) is 38.8 Å². The van der Waals surface area contributed by atoms with Crippen LogP contribution in [0.4, 0.5) is 0 Å². The zero-order valence-corrected chi connectivity index (χ0v) is 20.2. The molecule has 0 saturated carbocycles. The molecule has 0 spiro atoms. The summed E-state index contributed by atoms with van der Waals surface area (Å²) in [6, 6.07) is 21.9. The van der Waals surface area contributed by atoms with Crippen LogP contribution in [-0.2, 0) is 19.6 Å². The highest BCUT2D eigenvalue weighted by Gasteiger charge is 2.02. The quantitative estimate of drug-likeness (QED) is 0.246. The zero-order valence-electron chi connectivity index (χ0n) is 17.9. The van der Waals surface area contributed by atoms with Crippen LogP contribution in [-0.4, -0.2) is 31.6 Å². The van der Waals surface area contributed by atoms with Gasteiger partial charge < -0.3 is 20.1 Å². The Morgan fingerprint density at radius 2 is 1.77 bits per heavy atom. The maximum absolute atomic E-state index is 5.85. The molecular formula is C24H29IN4O2. The van der Waals surface area contributed by atoms with E-state index in [-0.39, 0.29) is 24.0 Å². The third kappa shape index (κ3) is 8.45. The molecule has 3 rings (SSSR count). The zero-order chi connectivity index (χ0) is 21.0. The lowest BCUT2D eigenvalue weighted by Crippen LogP contribution is -2.37. The highest BCUT2D eigenvalue weighted by Crippen LogP contribution is 2.15. The number of methoxy groups -OCH3 is 1. The first kappa shape index (κ1) is 24.5. The van der Waals surface area contributed by atoms with Crippen LogP contribution >= 0.6 is 24.0 Å². The average Bonchev–Trinajstić information content (AvgIpc) is 2.81. The van der Waals surface area contributed by atoms with Crippen LogP contribution < -0.4 is 20.1 Å². The minimum atomic E-state index is 0. The molecule has 0 aliphatic heterocycles. The standard InChI is InChI=1S/C24H28N4O2.HI/c1-25-24(27-15-13-19-9-11-22(29-2)12-10-19)28-17-20-6-5-8-23(16-20)30-18-21-7-3-4-14-26-21;/h3-12,14,16H,13,15,17-18H2,1-2H3,(H2,25,27,28);1H. The second-order valence-corrected chi connectivity index (χ2v) is 6.71. The summed E-state index contributed by atoms with van der Waals surface area (Å²) in [5.41, 5.74) is 3.27. The third-order valence-corrected chi connectivity index (χ3v) is 4.56. The maximum atomic E-state index is 5.85. The van der Waals surface area contributed by atoms with Crippen molar-refractivity contribution in [3.05, 3.63) is 89.7 Å². The summed E-state index contributed by atoms with van der Waals surface area (Å²) in [6.07, 6.45) is 2.67. The molecule has 0 aliphatic carbocycles. The van der Waals surface area contributed by atoms with Gasteiger partial charge in [-0.1, -0.05) is 30.3 Å². The molecule has 0 amide bonds. The highest BCUT2D eigenvalue weighted by molar-refractivity contribution is 14.0. The molecule has 31 heavy (non-hydrogen) atoms. The van der Waals surface area contributed by atoms with E-state index in [1.54, 1.807) is 20.4 Å². The molecule has 0 fully saturated rings. The van der Waals surface area contributed by atoms with Crippen molar-refractivity contribution < 1.29 is 9.47 Å². The Hall–Kier alpha value is -2.81. The number of nitrogens with one attached hydrogen (secondary N) is 2. The summed E-state index contributed by atoms with van der Waals surface area (Å²) in [6.45, 7) is 1.90. The van der Waals surface area contributed by atoms with Gasteiger partial charge in [-0.15, -0.1) is 24.0 Å². The van der Waals surface area contributed by atoms with E-state index in [4.69, 9.17) is 9.47 Å². The first-order valence-corrected chi connectivity index (χ1v) is 9.96. The van der Waals surface area contributed by atoms with E-state index in [1.165, 1.54) is 5.56 Å². The van der Waals surface area contributed by atoms with Gasteiger partial charge in [-0.3, -0.25) is 9.98 Å². The van der Waals surface area contributed by atoms with Crippen LogP contribution in [0.3, 0.4) is 0 Å². The second kappa shape index (κ2) is 13.5. The third-order valence-electron chi connectivity index (χ3n) is 4.56. The van der Waals surface area contributed by atoms with Gasteiger partial charge in [0.05, 0.1) is 12.8 Å². The summed E-state index contributed by atoms with van der Waals surface area (Å²) < 4.78 is 11.0. The van der Waals surface area contributed by atoms with Crippen molar-refractivity contribution >= 4 is 29.9 Å². The fourth-order valence-corrected chi connectivity index (χ4v) is 2.91. The Bertz CT molecular complexity index is 934. The molecule has 2 aromatic carbocycles. The van der Waals surface area contributed by atoms with Gasteiger partial charge >= 0.3 is 0 Å². The predicted octanol–water partition coefficient (Wildman–Crippen LogP) is 4.19. The molecule has 7 heteroatoms. The van der Waals surface area contributed by atoms with Crippen LogP contribution in [0, 0.1) is 0 Å². The summed E-state index contributed by atoms with van der Waals surface area (Å²) in [7, 11) is 3.45. The van der Waals surface area contributed by atoms with Gasteiger partial charge in [0.15, 0.2) is 5.96 Å². The number of hydrogen-bond acceptors (Lipinski definition) is 4. The number of nitrogens with zero attached hydrogens (tertiary/aromatic N) is 2. The van der Waals surface area contributed by atoms with Gasteiger partial charge in [-0.2, -0.15) is 0 Å². The lowest BCUT2D eigenvalue weighted by atomic mass is 10.1. The summed E-state index contributed by atoms with van der Waals surface area (Å²) in [5.74, 6) is 2.46. The fourth-order valence-electron chi connectivity index (χ4n) is 2.91. The summed E-state index contributed by atoms with van der Waals surface area (Å²) >= 11 is 0. The van der Waals surface area contributed by atoms with E-state index in [0.717, 1.165) is 41.7 Å². The Kier molecular flexibility index (Phi) is 10.6. The smallest absolute Gasteiger partial charge is 0.191 e. The van der Waals surface area contributed by atoms with E-state index in [0.29, 0.717) is 13.2 Å². The maximum Gasteiger partial charge on any atom is 0.191 e. The molecule has 1 heterocycles. The monoisotopic (exact) mass is 532 g/mol. The second-order valence-electron chi connectivity index (χ2n) is 6.71. The summed E-state index contributed by atoms with van der Waals surface area (Å²) in [5, 5.41) is 6.69. The SMILES string of the molecule is CN=C(NCCc1ccc(OC)cc1)NCc1cccc(OCc2ccccn2)c1.I. The molecule has 0 radical (unpaired) electrons. The molecule has 0 bridgehead atoms. The van der Waals surface area contributed by atoms with E-state index in [1.807, 2.05) is 48.5 Å². The van der Waals surface area contributed by atoms with Crippen molar-refractivity contribution in [2.75, 3.05) is 20.7 Å². The van der Waals surface area contributed by atoms with Crippen molar-refractivity contribution in [3.8, 4) is 11.5 Å². The predicted molar refractivity (Wildman–Crippen MR) is 135 cm³/mol. The highest BCUT2D eigenvalue weighted by atomic mass is 127. The van der Waals surface area contributed by atoms with E-state index < -0.39 is 0 Å². The van der Waals surface area contributed by atoms with Crippen molar-refractivity contribution in [2.24, 2.45) is 4.99 Å². The number of halogens is 1. The fraction of sp³-hybridized carbons (Fsp3) is 0.250. The largest absolute Gasteiger partial charge is 0.497 e. The van der Waals surface area contributed by atoms with Crippen LogP contribution in [0.15, 0.2) is 77.9 Å². The van der Waals surface area contributed by atoms with Crippen molar-refractivity contribution in [3.63, 3.8) is 0 Å². The van der Waals surface area contributed by atoms with Gasteiger partial charge in [-0.05, 0) is 53.9 Å². The molecule has 164 valence electrons. The van der Waals surface area contributed by atoms with Crippen LogP contribution in [0.25, 0.3) is 0 Å². The number of rotatable bonds is 9. The molecule has 0 atom stereocenters. The molecule has 6 nitrogen and oxygen atoms in total. The van der Waals surface area contributed by atoms with Crippen LogP contribution in [0.5, 0.6) is 11.5 Å². The minimum Gasteiger partial charge on any atom is -0.497 e. The molecule has 0 unspecified atom stereocenters. The Morgan fingerprint density at radius 3 is 2.48 bits per heavy atom. The van der Waals surface area contributed by atoms with Crippen molar-refractivity contribution in [1.29, 1.82) is 0 Å². The number of aliphatic imine (C=N–C) groups is 1. The van der Waals surface area contributed by atoms with Gasteiger partial charge in [-0.25, -0.2) is 0 Å². The number of hydrogen-bond donors (Lipinski definition) is 2. The number of benzene rings is 2. The van der Waals surface area contributed by atoms with Crippen LogP contribution in [0.2, 0.25) is 0 Å². The number of pyridine rings is 1. The molecule has 1 aromatic heterocycles. The Morgan fingerprint density at radius 1 is 0.935 bits per heavy atom. The van der Waals surface area contributed by atoms with Gasteiger partial charge in [0.1, 0.15) is 18.1 Å². The van der Waals surface area contributed by atoms with E-state index >= 15 is 0 Å². The lowest BCUT2D eigenvalue weighted by molar-refractivity contribution is 0.301.